The number of aromatic nitrogens is 2. The van der Waals surface area contributed by atoms with Gasteiger partial charge >= 0.3 is 0 Å². The SMILES string of the molecule is [2H]c1nc(C([2H])(F)F)nc([2H])c1Br. The van der Waals surface area contributed by atoms with Gasteiger partial charge in [0, 0.05) is 12.3 Å². The summed E-state index contributed by atoms with van der Waals surface area (Å²) in [6.45, 7) is 0. The Morgan fingerprint density at radius 2 is 2.10 bits per heavy atom. The molecule has 0 spiro atoms. The Morgan fingerprint density at radius 1 is 1.60 bits per heavy atom. The van der Waals surface area contributed by atoms with Crippen molar-refractivity contribution in [3.8, 4) is 0 Å². The minimum atomic E-state index is -3.97. The number of alkyl halides is 2. The standard InChI is InChI=1S/C5H3BrF2N2/c6-3-1-9-5(4(7)8)10-2-3/h1-2,4H/i1D,2D,4D. The highest BCUT2D eigenvalue weighted by Crippen LogP contribution is 2.14. The van der Waals surface area contributed by atoms with Crippen LogP contribution in [0.1, 0.15) is 16.3 Å². The minimum absolute atomic E-state index is 0.0690. The zero-order valence-corrected chi connectivity index (χ0v) is 6.11. The van der Waals surface area contributed by atoms with E-state index in [1.165, 1.54) is 0 Å². The predicted octanol–water partition coefficient (Wildman–Crippen LogP) is 2.18. The Balaban J connectivity index is 3.29. The van der Waals surface area contributed by atoms with Crippen molar-refractivity contribution >= 4 is 15.9 Å². The van der Waals surface area contributed by atoms with Crippen molar-refractivity contribution in [1.29, 1.82) is 0 Å². The average Bonchev–Trinajstić information content (AvgIpc) is 1.97. The highest BCUT2D eigenvalue weighted by Gasteiger charge is 2.08. The molecule has 0 atom stereocenters. The van der Waals surface area contributed by atoms with Crippen molar-refractivity contribution in [2.45, 2.75) is 6.40 Å². The highest BCUT2D eigenvalue weighted by molar-refractivity contribution is 9.10. The lowest BCUT2D eigenvalue weighted by Crippen LogP contribution is -1.92. The molecule has 0 bridgehead atoms. The van der Waals surface area contributed by atoms with Crippen LogP contribution in [0.5, 0.6) is 0 Å². The van der Waals surface area contributed by atoms with Crippen molar-refractivity contribution in [1.82, 2.24) is 9.97 Å². The van der Waals surface area contributed by atoms with Crippen LogP contribution >= 0.6 is 15.9 Å². The van der Waals surface area contributed by atoms with E-state index >= 15 is 0 Å². The van der Waals surface area contributed by atoms with E-state index in [2.05, 4.69) is 25.9 Å². The highest BCUT2D eigenvalue weighted by atomic mass is 79.9. The van der Waals surface area contributed by atoms with Gasteiger partial charge in [0.05, 0.1) is 7.21 Å². The van der Waals surface area contributed by atoms with Gasteiger partial charge < -0.3 is 0 Å². The lowest BCUT2D eigenvalue weighted by atomic mass is 10.6. The van der Waals surface area contributed by atoms with Gasteiger partial charge in [-0.15, -0.1) is 0 Å². The summed E-state index contributed by atoms with van der Waals surface area (Å²) in [6, 6.07) is 0. The van der Waals surface area contributed by atoms with E-state index in [1.54, 1.807) is 0 Å². The second kappa shape index (κ2) is 3.01. The third-order valence-electron chi connectivity index (χ3n) is 0.689. The van der Waals surface area contributed by atoms with Gasteiger partial charge in [-0.3, -0.25) is 0 Å². The van der Waals surface area contributed by atoms with E-state index in [-0.39, 0.29) is 4.47 Å². The summed E-state index contributed by atoms with van der Waals surface area (Å²) in [5.74, 6) is -1.13. The maximum atomic E-state index is 12.3. The molecule has 0 unspecified atom stereocenters. The number of nitrogens with zero attached hydrogens (tertiary/aromatic N) is 2. The molecule has 54 valence electrons. The normalized spacial score (nSPS) is 15.7. The van der Waals surface area contributed by atoms with Gasteiger partial charge in [-0.05, 0) is 15.9 Å². The zero-order chi connectivity index (χ0) is 10.2. The molecule has 5 heteroatoms. The first kappa shape index (κ1) is 4.33. The van der Waals surface area contributed by atoms with Gasteiger partial charge in [0.15, 0.2) is 5.82 Å². The molecule has 2 nitrogen and oxygen atoms in total. The fourth-order valence-electron chi connectivity index (χ4n) is 0.339. The average molecular weight is 212 g/mol. The molecule has 0 aliphatic carbocycles. The Hall–Kier alpha value is -0.580. The lowest BCUT2D eigenvalue weighted by molar-refractivity contribution is 0.140. The molecule has 0 saturated carbocycles. The van der Waals surface area contributed by atoms with E-state index in [4.69, 9.17) is 4.11 Å². The molecule has 10 heavy (non-hydrogen) atoms. The molecule has 1 aromatic heterocycles. The Labute approximate surface area is 68.6 Å². The van der Waals surface area contributed by atoms with E-state index < -0.39 is 24.6 Å². The van der Waals surface area contributed by atoms with Crippen molar-refractivity contribution in [2.75, 3.05) is 0 Å². The topological polar surface area (TPSA) is 25.8 Å². The van der Waals surface area contributed by atoms with Gasteiger partial charge in [-0.2, -0.15) is 0 Å². The van der Waals surface area contributed by atoms with Crippen molar-refractivity contribution in [2.24, 2.45) is 0 Å². The third kappa shape index (κ3) is 1.70. The molecule has 0 N–H and O–H groups in total. The van der Waals surface area contributed by atoms with Crippen LogP contribution in [0, 0.1) is 0 Å². The molecule has 0 aliphatic heterocycles. The molecule has 0 aliphatic rings. The molecule has 1 rings (SSSR count). The first-order valence-electron chi connectivity index (χ1n) is 3.71. The molecular weight excluding hydrogens is 206 g/mol. The molecule has 0 amide bonds. The summed E-state index contributed by atoms with van der Waals surface area (Å²) >= 11 is 2.77. The number of hydrogen-bond donors (Lipinski definition) is 0. The van der Waals surface area contributed by atoms with Crippen LogP contribution in [-0.4, -0.2) is 9.97 Å². The fraction of sp³-hybridized carbons (Fsp3) is 0.200. The molecule has 1 aromatic rings. The summed E-state index contributed by atoms with van der Waals surface area (Å²) in [5.41, 5.74) is 0. The van der Waals surface area contributed by atoms with Gasteiger partial charge in [-0.1, -0.05) is 0 Å². The minimum Gasteiger partial charge on any atom is -0.235 e. The third-order valence-corrected chi connectivity index (χ3v) is 1.04. The second-order valence-electron chi connectivity index (χ2n) is 1.35. The van der Waals surface area contributed by atoms with E-state index in [1.807, 2.05) is 0 Å². The number of halogens is 3. The molecule has 0 aromatic carbocycles. The largest absolute Gasteiger partial charge is 0.297 e. The number of rotatable bonds is 1. The van der Waals surface area contributed by atoms with E-state index in [0.717, 1.165) is 0 Å². The second-order valence-corrected chi connectivity index (χ2v) is 2.14. The molecule has 0 fully saturated rings. The maximum absolute atomic E-state index is 12.3. The zero-order valence-electron chi connectivity index (χ0n) is 7.53. The van der Waals surface area contributed by atoms with Crippen LogP contribution in [0.4, 0.5) is 8.78 Å². The summed E-state index contributed by atoms with van der Waals surface area (Å²) in [6.07, 6.45) is -5.02. The van der Waals surface area contributed by atoms with Crippen LogP contribution < -0.4 is 0 Å². The van der Waals surface area contributed by atoms with Gasteiger partial charge in [0.25, 0.3) is 6.40 Å². The molecule has 0 saturated heterocycles. The monoisotopic (exact) mass is 211 g/mol. The van der Waals surface area contributed by atoms with E-state index in [9.17, 15) is 8.78 Å². The summed E-state index contributed by atoms with van der Waals surface area (Å²) < 4.78 is 44.9. The van der Waals surface area contributed by atoms with Crippen molar-refractivity contribution in [3.63, 3.8) is 0 Å². The fourth-order valence-corrected chi connectivity index (χ4v) is 0.516. The van der Waals surface area contributed by atoms with Gasteiger partial charge in [-0.25, -0.2) is 18.7 Å². The lowest BCUT2D eigenvalue weighted by Gasteiger charge is -1.94. The summed E-state index contributed by atoms with van der Waals surface area (Å²) in [4.78, 5) is 6.11. The summed E-state index contributed by atoms with van der Waals surface area (Å²) in [5, 5.41) is 0. The first-order chi connectivity index (χ1) is 5.82. The van der Waals surface area contributed by atoms with Crippen LogP contribution in [0.25, 0.3) is 0 Å². The van der Waals surface area contributed by atoms with Gasteiger partial charge in [0.1, 0.15) is 1.37 Å². The Bertz CT molecular complexity index is 318. The maximum Gasteiger partial charge on any atom is 0.297 e. The van der Waals surface area contributed by atoms with Crippen LogP contribution in [0.3, 0.4) is 0 Å². The van der Waals surface area contributed by atoms with E-state index in [0.29, 0.717) is 0 Å². The smallest absolute Gasteiger partial charge is 0.235 e. The Kier molecular flexibility index (Phi) is 1.30. The predicted molar refractivity (Wildman–Crippen MR) is 34.7 cm³/mol. The first-order valence-corrected chi connectivity index (χ1v) is 3.00. The quantitative estimate of drug-likeness (QED) is 0.712. The molecule has 0 radical (unpaired) electrons. The van der Waals surface area contributed by atoms with Crippen molar-refractivity contribution < 1.29 is 12.9 Å². The summed E-state index contributed by atoms with van der Waals surface area (Å²) in [7, 11) is 0. The number of hydrogen-bond acceptors (Lipinski definition) is 2. The Morgan fingerprint density at radius 3 is 2.50 bits per heavy atom. The molecular formula is C5H3BrF2N2. The van der Waals surface area contributed by atoms with Crippen LogP contribution in [-0.2, 0) is 0 Å². The van der Waals surface area contributed by atoms with Crippen molar-refractivity contribution in [3.05, 3.63) is 22.6 Å². The van der Waals surface area contributed by atoms with Gasteiger partial charge in [0.2, 0.25) is 0 Å². The molecule has 1 heterocycles. The van der Waals surface area contributed by atoms with Crippen LogP contribution in [0.15, 0.2) is 16.8 Å². The van der Waals surface area contributed by atoms with Crippen LogP contribution in [0.2, 0.25) is 0 Å².